The first-order valence-corrected chi connectivity index (χ1v) is 8.72. The van der Waals surface area contributed by atoms with Gasteiger partial charge in [0.1, 0.15) is 12.2 Å². The molecule has 0 atom stereocenters. The molecular weight excluding hydrogens is 376 g/mol. The Kier molecular flexibility index (Phi) is 5.10. The lowest BCUT2D eigenvalue weighted by Crippen LogP contribution is -1.90. The molecule has 0 aliphatic heterocycles. The first kappa shape index (κ1) is 18.5. The largest absolute Gasteiger partial charge is 0.497 e. The number of hydrogen-bond acceptors (Lipinski definition) is 9. The Labute approximate surface area is 166 Å². The Bertz CT molecular complexity index is 1100. The summed E-state index contributed by atoms with van der Waals surface area (Å²) < 4.78 is 26.7. The fourth-order valence-electron chi connectivity index (χ4n) is 2.72. The topological polar surface area (TPSA) is 106 Å². The fourth-order valence-corrected chi connectivity index (χ4v) is 2.72. The summed E-state index contributed by atoms with van der Waals surface area (Å²) in [5.41, 5.74) is 1.53. The maximum Gasteiger partial charge on any atom is 0.247 e. The standard InChI is InChI=1S/C20H18N4O5/c1-25-14-7-4-12(5-8-14)19-21-17(29-24-19)11-18-22-23-20(28-18)13-6-9-15(26-2)16(10-13)27-3/h4-10H,11H2,1-3H3. The highest BCUT2D eigenvalue weighted by atomic mass is 16.5. The van der Waals surface area contributed by atoms with Crippen LogP contribution in [0.15, 0.2) is 51.4 Å². The van der Waals surface area contributed by atoms with Crippen molar-refractivity contribution in [3.63, 3.8) is 0 Å². The maximum atomic E-state index is 5.73. The van der Waals surface area contributed by atoms with Gasteiger partial charge in [-0.05, 0) is 42.5 Å². The normalized spacial score (nSPS) is 10.7. The van der Waals surface area contributed by atoms with E-state index in [4.69, 9.17) is 23.2 Å². The molecule has 0 spiro atoms. The number of benzene rings is 2. The minimum atomic E-state index is 0.226. The van der Waals surface area contributed by atoms with E-state index in [9.17, 15) is 0 Å². The summed E-state index contributed by atoms with van der Waals surface area (Å²) in [4.78, 5) is 4.38. The maximum absolute atomic E-state index is 5.73. The molecular formula is C20H18N4O5. The van der Waals surface area contributed by atoms with Crippen molar-refractivity contribution in [3.8, 4) is 40.1 Å². The summed E-state index contributed by atoms with van der Waals surface area (Å²) >= 11 is 0. The van der Waals surface area contributed by atoms with Crippen LogP contribution in [0.4, 0.5) is 0 Å². The third kappa shape index (κ3) is 3.88. The molecule has 9 nitrogen and oxygen atoms in total. The second kappa shape index (κ2) is 8.01. The fraction of sp³-hybridized carbons (Fsp3) is 0.200. The molecule has 0 saturated heterocycles. The molecule has 148 valence electrons. The molecule has 0 aliphatic rings. The van der Waals surface area contributed by atoms with Gasteiger partial charge in [0.2, 0.25) is 23.5 Å². The second-order valence-electron chi connectivity index (χ2n) is 5.99. The summed E-state index contributed by atoms with van der Waals surface area (Å²) in [6.45, 7) is 0. The Balaban J connectivity index is 1.50. The van der Waals surface area contributed by atoms with Gasteiger partial charge in [-0.25, -0.2) is 0 Å². The van der Waals surface area contributed by atoms with Crippen molar-refractivity contribution >= 4 is 0 Å². The molecule has 2 heterocycles. The highest BCUT2D eigenvalue weighted by molar-refractivity contribution is 5.59. The molecule has 0 N–H and O–H groups in total. The molecule has 9 heteroatoms. The van der Waals surface area contributed by atoms with E-state index in [0.717, 1.165) is 11.3 Å². The summed E-state index contributed by atoms with van der Waals surface area (Å²) in [7, 11) is 4.76. The number of aromatic nitrogens is 4. The molecule has 0 amide bonds. The van der Waals surface area contributed by atoms with Crippen molar-refractivity contribution in [2.45, 2.75) is 6.42 Å². The van der Waals surface area contributed by atoms with Crippen LogP contribution < -0.4 is 14.2 Å². The minimum Gasteiger partial charge on any atom is -0.497 e. The molecule has 0 radical (unpaired) electrons. The Hall–Kier alpha value is -3.88. The van der Waals surface area contributed by atoms with Crippen molar-refractivity contribution in [3.05, 3.63) is 54.2 Å². The van der Waals surface area contributed by atoms with Gasteiger partial charge in [-0.1, -0.05) is 5.16 Å². The average Bonchev–Trinajstić information content (AvgIpc) is 3.43. The van der Waals surface area contributed by atoms with Crippen molar-refractivity contribution in [1.82, 2.24) is 20.3 Å². The van der Waals surface area contributed by atoms with E-state index in [2.05, 4.69) is 20.3 Å². The van der Waals surface area contributed by atoms with E-state index in [-0.39, 0.29) is 6.42 Å². The Morgan fingerprint density at radius 2 is 1.55 bits per heavy atom. The van der Waals surface area contributed by atoms with Crippen LogP contribution in [0.2, 0.25) is 0 Å². The van der Waals surface area contributed by atoms with Gasteiger partial charge >= 0.3 is 0 Å². The lowest BCUT2D eigenvalue weighted by Gasteiger charge is -2.07. The molecule has 2 aromatic carbocycles. The van der Waals surface area contributed by atoms with Crippen LogP contribution in [-0.2, 0) is 6.42 Å². The van der Waals surface area contributed by atoms with Crippen molar-refractivity contribution in [2.24, 2.45) is 0 Å². The highest BCUT2D eigenvalue weighted by Crippen LogP contribution is 2.32. The van der Waals surface area contributed by atoms with Gasteiger partial charge in [0.05, 0.1) is 21.3 Å². The molecule has 0 saturated carbocycles. The predicted octanol–water partition coefficient (Wildman–Crippen LogP) is 3.40. The molecule has 0 bridgehead atoms. The number of rotatable bonds is 7. The molecule has 0 unspecified atom stereocenters. The van der Waals surface area contributed by atoms with Crippen LogP contribution in [0.1, 0.15) is 11.8 Å². The van der Waals surface area contributed by atoms with Gasteiger partial charge in [0.15, 0.2) is 11.5 Å². The minimum absolute atomic E-state index is 0.226. The highest BCUT2D eigenvalue weighted by Gasteiger charge is 2.16. The van der Waals surface area contributed by atoms with Crippen LogP contribution in [-0.4, -0.2) is 41.7 Å². The van der Waals surface area contributed by atoms with Gasteiger partial charge in [-0.15, -0.1) is 10.2 Å². The summed E-state index contributed by atoms with van der Waals surface area (Å²) in [5, 5.41) is 12.1. The molecule has 2 aromatic heterocycles. The lowest BCUT2D eigenvalue weighted by atomic mass is 10.2. The van der Waals surface area contributed by atoms with Crippen molar-refractivity contribution < 1.29 is 23.2 Å². The smallest absolute Gasteiger partial charge is 0.247 e. The molecule has 0 fully saturated rings. The number of ether oxygens (including phenoxy) is 3. The zero-order chi connectivity index (χ0) is 20.2. The van der Waals surface area contributed by atoms with Gasteiger partial charge in [0, 0.05) is 11.1 Å². The third-order valence-electron chi connectivity index (χ3n) is 4.22. The van der Waals surface area contributed by atoms with E-state index < -0.39 is 0 Å². The number of methoxy groups -OCH3 is 3. The monoisotopic (exact) mass is 394 g/mol. The van der Waals surface area contributed by atoms with E-state index in [1.165, 1.54) is 0 Å². The average molecular weight is 394 g/mol. The van der Waals surface area contributed by atoms with Crippen molar-refractivity contribution in [1.29, 1.82) is 0 Å². The van der Waals surface area contributed by atoms with Crippen molar-refractivity contribution in [2.75, 3.05) is 21.3 Å². The van der Waals surface area contributed by atoms with Gasteiger partial charge in [-0.3, -0.25) is 0 Å². The van der Waals surface area contributed by atoms with E-state index in [1.807, 2.05) is 30.3 Å². The third-order valence-corrected chi connectivity index (χ3v) is 4.22. The van der Waals surface area contributed by atoms with E-state index in [0.29, 0.717) is 40.6 Å². The van der Waals surface area contributed by atoms with Gasteiger partial charge in [0.25, 0.3) is 0 Å². The van der Waals surface area contributed by atoms with Crippen LogP contribution in [0, 0.1) is 0 Å². The van der Waals surface area contributed by atoms with Crippen LogP contribution in [0.3, 0.4) is 0 Å². The summed E-state index contributed by atoms with van der Waals surface area (Å²) in [6.07, 6.45) is 0.226. The first-order chi connectivity index (χ1) is 14.2. The molecule has 0 aliphatic carbocycles. The SMILES string of the molecule is COc1ccc(-c2noc(Cc3nnc(-c4ccc(OC)c(OC)c4)o3)n2)cc1. The zero-order valence-corrected chi connectivity index (χ0v) is 16.1. The van der Waals surface area contributed by atoms with Crippen LogP contribution in [0.5, 0.6) is 17.2 Å². The van der Waals surface area contributed by atoms with E-state index in [1.54, 1.807) is 33.5 Å². The van der Waals surface area contributed by atoms with Gasteiger partial charge in [-0.2, -0.15) is 4.98 Å². The van der Waals surface area contributed by atoms with Gasteiger partial charge < -0.3 is 23.2 Å². The van der Waals surface area contributed by atoms with Crippen LogP contribution >= 0.6 is 0 Å². The summed E-state index contributed by atoms with van der Waals surface area (Å²) in [6, 6.07) is 12.7. The predicted molar refractivity (Wildman–Crippen MR) is 102 cm³/mol. The molecule has 4 aromatic rings. The molecule has 29 heavy (non-hydrogen) atoms. The number of hydrogen-bond donors (Lipinski definition) is 0. The summed E-state index contributed by atoms with van der Waals surface area (Å²) in [5.74, 6) is 3.51. The number of nitrogens with zero attached hydrogens (tertiary/aromatic N) is 4. The quantitative estimate of drug-likeness (QED) is 0.466. The Morgan fingerprint density at radius 1 is 0.793 bits per heavy atom. The Morgan fingerprint density at radius 3 is 2.28 bits per heavy atom. The van der Waals surface area contributed by atoms with E-state index >= 15 is 0 Å². The molecule has 4 rings (SSSR count). The lowest BCUT2D eigenvalue weighted by molar-refractivity contribution is 0.355. The van der Waals surface area contributed by atoms with Crippen LogP contribution in [0.25, 0.3) is 22.8 Å². The first-order valence-electron chi connectivity index (χ1n) is 8.72. The second-order valence-corrected chi connectivity index (χ2v) is 5.99. The zero-order valence-electron chi connectivity index (χ0n) is 16.1.